The minimum Gasteiger partial charge on any atom is -0.481 e. The Labute approximate surface area is 133 Å². The minimum absolute atomic E-state index is 0.0962. The molecule has 116 valence electrons. The van der Waals surface area contributed by atoms with Gasteiger partial charge in [0.2, 0.25) is 5.88 Å². The van der Waals surface area contributed by atoms with E-state index in [9.17, 15) is 4.79 Å². The van der Waals surface area contributed by atoms with Crippen LogP contribution >= 0.6 is 11.3 Å². The van der Waals surface area contributed by atoms with Crippen LogP contribution in [0.15, 0.2) is 17.5 Å². The number of ether oxygens (including phenoxy) is 1. The van der Waals surface area contributed by atoms with Crippen LogP contribution in [0.5, 0.6) is 5.88 Å². The molecule has 6 heteroatoms. The summed E-state index contributed by atoms with van der Waals surface area (Å²) in [6, 6.07) is 4.07. The van der Waals surface area contributed by atoms with Crippen molar-refractivity contribution in [1.29, 1.82) is 0 Å². The minimum atomic E-state index is -0.0962. The number of carbonyl (C=O) groups excluding carboxylic acids is 1. The van der Waals surface area contributed by atoms with Gasteiger partial charge in [-0.1, -0.05) is 0 Å². The van der Waals surface area contributed by atoms with Crippen molar-refractivity contribution in [1.82, 2.24) is 15.2 Å². The number of pyridine rings is 1. The molecular weight excluding hydrogens is 298 g/mol. The summed E-state index contributed by atoms with van der Waals surface area (Å²) in [7, 11) is 1.59. The van der Waals surface area contributed by atoms with Gasteiger partial charge in [0.15, 0.2) is 0 Å². The number of rotatable bonds is 3. The molecule has 0 saturated carbocycles. The SMILES string of the molecule is COc1nc(C(=O)N[C@@H]2C[C@@H]3CCN(C3)C2)cc2sccc12. The van der Waals surface area contributed by atoms with Gasteiger partial charge < -0.3 is 15.0 Å². The van der Waals surface area contributed by atoms with Crippen molar-refractivity contribution < 1.29 is 9.53 Å². The normalized spacial score (nSPS) is 27.0. The predicted octanol–water partition coefficient (Wildman–Crippen LogP) is 2.13. The Morgan fingerprint density at radius 1 is 1.50 bits per heavy atom. The van der Waals surface area contributed by atoms with Crippen molar-refractivity contribution in [3.05, 3.63) is 23.2 Å². The van der Waals surface area contributed by atoms with Crippen molar-refractivity contribution in [2.75, 3.05) is 26.7 Å². The fraction of sp³-hybridized carbons (Fsp3) is 0.500. The average molecular weight is 317 g/mol. The molecule has 2 aromatic heterocycles. The maximum absolute atomic E-state index is 12.5. The summed E-state index contributed by atoms with van der Waals surface area (Å²) in [5.41, 5.74) is 0.444. The van der Waals surface area contributed by atoms with Gasteiger partial charge in [-0.05, 0) is 42.8 Å². The van der Waals surface area contributed by atoms with Crippen molar-refractivity contribution in [3.63, 3.8) is 0 Å². The Bertz CT molecular complexity index is 702. The van der Waals surface area contributed by atoms with Gasteiger partial charge in [0.25, 0.3) is 5.91 Å². The van der Waals surface area contributed by atoms with E-state index in [1.54, 1.807) is 18.4 Å². The number of hydrogen-bond donors (Lipinski definition) is 1. The van der Waals surface area contributed by atoms with E-state index in [2.05, 4.69) is 15.2 Å². The number of nitrogens with zero attached hydrogens (tertiary/aromatic N) is 2. The molecule has 1 amide bonds. The van der Waals surface area contributed by atoms with Crippen LogP contribution in [0.25, 0.3) is 10.1 Å². The summed E-state index contributed by atoms with van der Waals surface area (Å²) >= 11 is 1.60. The van der Waals surface area contributed by atoms with Gasteiger partial charge in [0, 0.05) is 23.8 Å². The molecular formula is C16H19N3O2S. The van der Waals surface area contributed by atoms with Crippen molar-refractivity contribution in [2.45, 2.75) is 18.9 Å². The molecule has 3 atom stereocenters. The number of nitrogens with one attached hydrogen (secondary N) is 1. The van der Waals surface area contributed by atoms with E-state index in [0.717, 1.165) is 29.0 Å². The van der Waals surface area contributed by atoms with E-state index >= 15 is 0 Å². The number of amides is 1. The molecule has 2 aliphatic rings. The third-order valence-electron chi connectivity index (χ3n) is 4.64. The lowest BCUT2D eigenvalue weighted by Crippen LogP contribution is -2.47. The summed E-state index contributed by atoms with van der Waals surface area (Å²) < 4.78 is 6.35. The number of aromatic nitrogens is 1. The molecule has 0 radical (unpaired) electrons. The van der Waals surface area contributed by atoms with Crippen LogP contribution in [-0.4, -0.2) is 48.6 Å². The largest absolute Gasteiger partial charge is 0.481 e. The van der Waals surface area contributed by atoms with Crippen LogP contribution in [0.3, 0.4) is 0 Å². The topological polar surface area (TPSA) is 54.5 Å². The van der Waals surface area contributed by atoms with Crippen LogP contribution in [-0.2, 0) is 0 Å². The molecule has 2 saturated heterocycles. The monoisotopic (exact) mass is 317 g/mol. The first-order valence-electron chi connectivity index (χ1n) is 7.68. The molecule has 22 heavy (non-hydrogen) atoms. The zero-order valence-electron chi connectivity index (χ0n) is 12.5. The highest BCUT2D eigenvalue weighted by Crippen LogP contribution is 2.29. The summed E-state index contributed by atoms with van der Waals surface area (Å²) in [4.78, 5) is 19.3. The molecule has 1 unspecified atom stereocenters. The molecule has 2 aromatic rings. The van der Waals surface area contributed by atoms with E-state index in [1.807, 2.05) is 17.5 Å². The Morgan fingerprint density at radius 2 is 2.41 bits per heavy atom. The number of hydrogen-bond acceptors (Lipinski definition) is 5. The highest BCUT2D eigenvalue weighted by molar-refractivity contribution is 7.17. The van der Waals surface area contributed by atoms with Gasteiger partial charge in [-0.3, -0.25) is 4.79 Å². The molecule has 4 rings (SSSR count). The first-order valence-corrected chi connectivity index (χ1v) is 8.56. The lowest BCUT2D eigenvalue weighted by Gasteiger charge is -2.30. The van der Waals surface area contributed by atoms with Crippen molar-refractivity contribution >= 4 is 27.3 Å². The number of fused-ring (bicyclic) bond motifs is 3. The third-order valence-corrected chi connectivity index (χ3v) is 5.51. The first-order chi connectivity index (χ1) is 10.7. The standard InChI is InChI=1S/C16H19N3O2S/c1-21-16-12-3-5-22-14(12)7-13(18-16)15(20)17-11-6-10-2-4-19(8-10)9-11/h3,5,7,10-11H,2,4,6,8-9H2,1H3,(H,17,20)/t10-,11+/m0/s1. The van der Waals surface area contributed by atoms with Gasteiger partial charge in [0.1, 0.15) is 5.69 Å². The maximum Gasteiger partial charge on any atom is 0.270 e. The number of methoxy groups -OCH3 is 1. The summed E-state index contributed by atoms with van der Waals surface area (Å²) in [5, 5.41) is 6.10. The van der Waals surface area contributed by atoms with Gasteiger partial charge in [-0.15, -0.1) is 11.3 Å². The summed E-state index contributed by atoms with van der Waals surface area (Å²) in [6.07, 6.45) is 2.35. The fourth-order valence-corrected chi connectivity index (χ4v) is 4.44. The zero-order chi connectivity index (χ0) is 15.1. The number of thiophene rings is 1. The molecule has 0 aromatic carbocycles. The molecule has 2 aliphatic heterocycles. The van der Waals surface area contributed by atoms with E-state index in [4.69, 9.17) is 4.74 Å². The van der Waals surface area contributed by atoms with Gasteiger partial charge in [-0.2, -0.15) is 0 Å². The van der Waals surface area contributed by atoms with Gasteiger partial charge in [0.05, 0.1) is 12.5 Å². The van der Waals surface area contributed by atoms with Crippen LogP contribution in [0.2, 0.25) is 0 Å². The summed E-state index contributed by atoms with van der Waals surface area (Å²) in [5.74, 6) is 1.17. The second-order valence-electron chi connectivity index (χ2n) is 6.17. The van der Waals surface area contributed by atoms with E-state index in [-0.39, 0.29) is 11.9 Å². The average Bonchev–Trinajstić information content (AvgIpc) is 3.12. The van der Waals surface area contributed by atoms with Crippen LogP contribution in [0, 0.1) is 5.92 Å². The smallest absolute Gasteiger partial charge is 0.270 e. The fourth-order valence-electron chi connectivity index (χ4n) is 3.63. The van der Waals surface area contributed by atoms with Crippen molar-refractivity contribution in [3.8, 4) is 5.88 Å². The molecule has 0 aliphatic carbocycles. The second-order valence-corrected chi connectivity index (χ2v) is 7.12. The van der Waals surface area contributed by atoms with Crippen LogP contribution < -0.4 is 10.1 Å². The molecule has 2 fully saturated rings. The Morgan fingerprint density at radius 3 is 3.23 bits per heavy atom. The Kier molecular flexibility index (Phi) is 3.50. The molecule has 5 nitrogen and oxygen atoms in total. The van der Waals surface area contributed by atoms with E-state index < -0.39 is 0 Å². The number of piperidine rings is 1. The van der Waals surface area contributed by atoms with Crippen molar-refractivity contribution in [2.24, 2.45) is 5.92 Å². The quantitative estimate of drug-likeness (QED) is 0.942. The Balaban J connectivity index is 1.55. The molecule has 1 N–H and O–H groups in total. The molecule has 0 spiro atoms. The molecule has 2 bridgehead atoms. The third kappa shape index (κ3) is 2.46. The van der Waals surface area contributed by atoms with Crippen LogP contribution in [0.4, 0.5) is 0 Å². The van der Waals surface area contributed by atoms with Gasteiger partial charge >= 0.3 is 0 Å². The lowest BCUT2D eigenvalue weighted by atomic mass is 9.97. The van der Waals surface area contributed by atoms with Crippen LogP contribution in [0.1, 0.15) is 23.3 Å². The summed E-state index contributed by atoms with van der Waals surface area (Å²) in [6.45, 7) is 3.32. The zero-order valence-corrected chi connectivity index (χ0v) is 13.4. The van der Waals surface area contributed by atoms with Gasteiger partial charge in [-0.25, -0.2) is 4.98 Å². The second kappa shape index (κ2) is 5.52. The lowest BCUT2D eigenvalue weighted by molar-refractivity contribution is 0.0903. The number of carbonyl (C=O) groups is 1. The predicted molar refractivity (Wildman–Crippen MR) is 86.6 cm³/mol. The Hall–Kier alpha value is -1.66. The first kappa shape index (κ1) is 14.0. The maximum atomic E-state index is 12.5. The highest BCUT2D eigenvalue weighted by Gasteiger charge is 2.33. The van der Waals surface area contributed by atoms with E-state index in [1.165, 1.54) is 19.5 Å². The highest BCUT2D eigenvalue weighted by atomic mass is 32.1. The molecule has 4 heterocycles. The van der Waals surface area contributed by atoms with E-state index in [0.29, 0.717) is 11.6 Å².